The molecule has 0 amide bonds. The summed E-state index contributed by atoms with van der Waals surface area (Å²) < 4.78 is 0.744. The van der Waals surface area contributed by atoms with Crippen LogP contribution in [0.1, 0.15) is 24.8 Å². The quantitative estimate of drug-likeness (QED) is 0.630. The van der Waals surface area contributed by atoms with Gasteiger partial charge in [0, 0.05) is 35.2 Å². The summed E-state index contributed by atoms with van der Waals surface area (Å²) in [4.78, 5) is 13.3. The lowest BCUT2D eigenvalue weighted by atomic mass is 10.1. The van der Waals surface area contributed by atoms with Gasteiger partial charge in [0.05, 0.1) is 4.92 Å². The van der Waals surface area contributed by atoms with Crippen LogP contribution in [0.15, 0.2) is 22.7 Å². The molecule has 1 atom stereocenters. The minimum atomic E-state index is -0.313. The van der Waals surface area contributed by atoms with Crippen LogP contribution in [0.3, 0.4) is 0 Å². The molecule has 1 aliphatic heterocycles. The molecule has 1 unspecified atom stereocenters. The third-order valence-corrected chi connectivity index (χ3v) is 4.87. The summed E-state index contributed by atoms with van der Waals surface area (Å²) in [6.45, 7) is 3.90. The summed E-state index contributed by atoms with van der Waals surface area (Å²) in [5.74, 6) is 0.681. The highest BCUT2D eigenvalue weighted by Crippen LogP contribution is 2.31. The Bertz CT molecular complexity index is 534. The van der Waals surface area contributed by atoms with Crippen LogP contribution in [0.2, 0.25) is 0 Å². The van der Waals surface area contributed by atoms with Gasteiger partial charge in [-0.15, -0.1) is 0 Å². The maximum absolute atomic E-state index is 11.1. The molecule has 114 valence electrons. The Morgan fingerprint density at radius 1 is 1.38 bits per heavy atom. The Morgan fingerprint density at radius 2 is 2.19 bits per heavy atom. The van der Waals surface area contributed by atoms with E-state index < -0.39 is 0 Å². The molecule has 2 fully saturated rings. The first-order valence-electron chi connectivity index (χ1n) is 7.51. The summed E-state index contributed by atoms with van der Waals surface area (Å²) >= 11 is 3.28. The molecule has 2 aliphatic rings. The highest BCUT2D eigenvalue weighted by Gasteiger charge is 2.34. The van der Waals surface area contributed by atoms with E-state index >= 15 is 0 Å². The van der Waals surface area contributed by atoms with E-state index in [9.17, 15) is 10.1 Å². The van der Waals surface area contributed by atoms with Crippen LogP contribution in [0.4, 0.5) is 5.69 Å². The molecule has 3 rings (SSSR count). The third kappa shape index (κ3) is 3.81. The van der Waals surface area contributed by atoms with Crippen LogP contribution in [0.5, 0.6) is 0 Å². The molecule has 1 saturated carbocycles. The fourth-order valence-corrected chi connectivity index (χ4v) is 3.42. The van der Waals surface area contributed by atoms with Crippen LogP contribution in [0, 0.1) is 16.0 Å². The Hall–Kier alpha value is -0.980. The van der Waals surface area contributed by atoms with E-state index in [-0.39, 0.29) is 10.6 Å². The standard InChI is InChI=1S/C15H20BrN3O2/c16-13-2-1-12(15(7-13)19(20)21)9-17-8-11-5-6-18(10-11)14-3-4-14/h1-2,7,11,14,17H,3-6,8-10H2. The molecule has 1 aromatic carbocycles. The zero-order chi connectivity index (χ0) is 14.8. The van der Waals surface area contributed by atoms with E-state index in [1.54, 1.807) is 6.07 Å². The summed E-state index contributed by atoms with van der Waals surface area (Å²) in [5.41, 5.74) is 0.933. The minimum Gasteiger partial charge on any atom is -0.312 e. The predicted molar refractivity (Wildman–Crippen MR) is 85.2 cm³/mol. The average Bonchev–Trinajstić information content (AvgIpc) is 3.20. The van der Waals surface area contributed by atoms with Crippen LogP contribution in [0.25, 0.3) is 0 Å². The first-order valence-corrected chi connectivity index (χ1v) is 8.30. The summed E-state index contributed by atoms with van der Waals surface area (Å²) in [6, 6.07) is 6.10. The minimum absolute atomic E-state index is 0.183. The van der Waals surface area contributed by atoms with Crippen molar-refractivity contribution >= 4 is 21.6 Å². The van der Waals surface area contributed by atoms with Crippen molar-refractivity contribution in [3.05, 3.63) is 38.3 Å². The van der Waals surface area contributed by atoms with E-state index in [2.05, 4.69) is 26.1 Å². The summed E-state index contributed by atoms with van der Waals surface area (Å²) in [5, 5.41) is 14.5. The number of likely N-dealkylation sites (tertiary alicyclic amines) is 1. The fraction of sp³-hybridized carbons (Fsp3) is 0.600. The van der Waals surface area contributed by atoms with E-state index in [0.717, 1.165) is 22.6 Å². The summed E-state index contributed by atoms with van der Waals surface area (Å²) in [7, 11) is 0. The normalized spacial score (nSPS) is 22.6. The number of nitro benzene ring substituents is 1. The van der Waals surface area contributed by atoms with Gasteiger partial charge < -0.3 is 10.2 Å². The number of hydrogen-bond acceptors (Lipinski definition) is 4. The SMILES string of the molecule is O=[N+]([O-])c1cc(Br)ccc1CNCC1CCN(C2CC2)C1. The molecule has 1 N–H and O–H groups in total. The second-order valence-electron chi connectivity index (χ2n) is 6.04. The van der Waals surface area contributed by atoms with Gasteiger partial charge >= 0.3 is 0 Å². The van der Waals surface area contributed by atoms with Crippen molar-refractivity contribution in [3.63, 3.8) is 0 Å². The number of benzene rings is 1. The van der Waals surface area contributed by atoms with Crippen molar-refractivity contribution < 1.29 is 4.92 Å². The molecule has 0 radical (unpaired) electrons. The highest BCUT2D eigenvalue weighted by molar-refractivity contribution is 9.10. The van der Waals surface area contributed by atoms with Gasteiger partial charge in [-0.3, -0.25) is 10.1 Å². The van der Waals surface area contributed by atoms with Gasteiger partial charge in [0.15, 0.2) is 0 Å². The van der Waals surface area contributed by atoms with Gasteiger partial charge in [-0.2, -0.15) is 0 Å². The maximum atomic E-state index is 11.1. The monoisotopic (exact) mass is 353 g/mol. The van der Waals surface area contributed by atoms with Crippen molar-refractivity contribution in [1.29, 1.82) is 0 Å². The molecule has 1 saturated heterocycles. The molecular formula is C15H20BrN3O2. The summed E-state index contributed by atoms with van der Waals surface area (Å²) in [6.07, 6.45) is 3.97. The topological polar surface area (TPSA) is 58.4 Å². The van der Waals surface area contributed by atoms with Gasteiger partial charge in [0.25, 0.3) is 5.69 Å². The highest BCUT2D eigenvalue weighted by atomic mass is 79.9. The van der Waals surface area contributed by atoms with Gasteiger partial charge in [-0.25, -0.2) is 0 Å². The van der Waals surface area contributed by atoms with E-state index in [0.29, 0.717) is 12.5 Å². The van der Waals surface area contributed by atoms with Crippen LogP contribution in [-0.2, 0) is 6.54 Å². The Morgan fingerprint density at radius 3 is 2.90 bits per heavy atom. The van der Waals surface area contributed by atoms with Crippen molar-refractivity contribution in [2.45, 2.75) is 31.8 Å². The number of hydrogen-bond donors (Lipinski definition) is 1. The van der Waals surface area contributed by atoms with Crippen molar-refractivity contribution in [1.82, 2.24) is 10.2 Å². The largest absolute Gasteiger partial charge is 0.312 e. The fourth-order valence-electron chi connectivity index (χ4n) is 3.07. The lowest BCUT2D eigenvalue weighted by Gasteiger charge is -2.15. The smallest absolute Gasteiger partial charge is 0.275 e. The molecule has 0 spiro atoms. The second kappa shape index (κ2) is 6.42. The number of nitrogens with one attached hydrogen (secondary N) is 1. The second-order valence-corrected chi connectivity index (χ2v) is 6.96. The molecule has 1 heterocycles. The molecule has 0 bridgehead atoms. The molecule has 1 aliphatic carbocycles. The molecule has 5 nitrogen and oxygen atoms in total. The van der Waals surface area contributed by atoms with Gasteiger partial charge in [-0.1, -0.05) is 15.9 Å². The number of nitrogens with zero attached hydrogens (tertiary/aromatic N) is 2. The number of rotatable bonds is 6. The maximum Gasteiger partial charge on any atom is 0.275 e. The first kappa shape index (κ1) is 14.9. The Labute approximate surface area is 133 Å². The van der Waals surface area contributed by atoms with Gasteiger partial charge in [-0.05, 0) is 50.4 Å². The molecule has 0 aromatic heterocycles. The third-order valence-electron chi connectivity index (χ3n) is 4.37. The molecule has 1 aromatic rings. The zero-order valence-electron chi connectivity index (χ0n) is 11.9. The lowest BCUT2D eigenvalue weighted by molar-refractivity contribution is -0.385. The lowest BCUT2D eigenvalue weighted by Crippen LogP contribution is -2.27. The number of nitro groups is 1. The van der Waals surface area contributed by atoms with E-state index in [1.165, 1.54) is 32.4 Å². The zero-order valence-corrected chi connectivity index (χ0v) is 13.5. The van der Waals surface area contributed by atoms with Crippen molar-refractivity contribution in [2.24, 2.45) is 5.92 Å². The Balaban J connectivity index is 1.50. The van der Waals surface area contributed by atoms with Crippen molar-refractivity contribution in [2.75, 3.05) is 19.6 Å². The van der Waals surface area contributed by atoms with Gasteiger partial charge in [0.2, 0.25) is 0 Å². The predicted octanol–water partition coefficient (Wildman–Crippen LogP) is 2.93. The molecular weight excluding hydrogens is 334 g/mol. The van der Waals surface area contributed by atoms with Gasteiger partial charge in [0.1, 0.15) is 0 Å². The number of halogens is 1. The van der Waals surface area contributed by atoms with Crippen LogP contribution in [-0.4, -0.2) is 35.5 Å². The Kier molecular flexibility index (Phi) is 4.57. The average molecular weight is 354 g/mol. The van der Waals surface area contributed by atoms with E-state index in [4.69, 9.17) is 0 Å². The molecule has 6 heteroatoms. The molecule has 21 heavy (non-hydrogen) atoms. The van der Waals surface area contributed by atoms with E-state index in [1.807, 2.05) is 12.1 Å². The van der Waals surface area contributed by atoms with Crippen LogP contribution >= 0.6 is 15.9 Å². The van der Waals surface area contributed by atoms with Crippen molar-refractivity contribution in [3.8, 4) is 0 Å². The first-order chi connectivity index (χ1) is 10.1. The van der Waals surface area contributed by atoms with Crippen LogP contribution < -0.4 is 5.32 Å².